The predicted octanol–water partition coefficient (Wildman–Crippen LogP) is 5.68. The number of methoxy groups -OCH3 is 1. The molecule has 0 fully saturated rings. The van der Waals surface area contributed by atoms with Crippen LogP contribution in [0.3, 0.4) is 0 Å². The fraction of sp³-hybridized carbons (Fsp3) is 0.231. The molecule has 0 spiro atoms. The number of carbonyl (C=O) groups is 2. The Labute approximate surface area is 217 Å². The molecule has 2 aromatic carbocycles. The molecule has 1 N–H and O–H groups in total. The number of aromatic nitrogens is 3. The summed E-state index contributed by atoms with van der Waals surface area (Å²) >= 11 is 2.57. The van der Waals surface area contributed by atoms with Gasteiger partial charge in [0, 0.05) is 17.5 Å². The molecule has 1 amide bonds. The molecule has 2 aromatic heterocycles. The molecule has 0 aliphatic rings. The maximum atomic E-state index is 12.8. The molecule has 36 heavy (non-hydrogen) atoms. The molecule has 4 aromatic rings. The number of benzene rings is 2. The highest BCUT2D eigenvalue weighted by Gasteiger charge is 2.23. The molecule has 1 unspecified atom stereocenters. The Balaban J connectivity index is 1.45. The maximum absolute atomic E-state index is 12.8. The largest absolute Gasteiger partial charge is 0.483 e. The van der Waals surface area contributed by atoms with Gasteiger partial charge in [-0.2, -0.15) is 0 Å². The van der Waals surface area contributed by atoms with E-state index in [1.807, 2.05) is 84.5 Å². The van der Waals surface area contributed by atoms with E-state index in [0.717, 1.165) is 16.9 Å². The van der Waals surface area contributed by atoms with Gasteiger partial charge in [-0.25, -0.2) is 4.79 Å². The number of amides is 1. The summed E-state index contributed by atoms with van der Waals surface area (Å²) in [4.78, 5) is 25.3. The Hall–Kier alpha value is -3.63. The number of thiophene rings is 1. The van der Waals surface area contributed by atoms with Crippen molar-refractivity contribution in [3.63, 3.8) is 0 Å². The zero-order valence-electron chi connectivity index (χ0n) is 20.1. The summed E-state index contributed by atoms with van der Waals surface area (Å²) in [5, 5.41) is 14.4. The average Bonchev–Trinajstić information content (AvgIpc) is 3.52. The average molecular weight is 523 g/mol. The highest BCUT2D eigenvalue weighted by molar-refractivity contribution is 7.99. The lowest BCUT2D eigenvalue weighted by molar-refractivity contribution is -0.113. The first-order chi connectivity index (χ1) is 17.5. The van der Waals surface area contributed by atoms with E-state index in [9.17, 15) is 9.59 Å². The summed E-state index contributed by atoms with van der Waals surface area (Å²) in [5.74, 6) is 0.776. The van der Waals surface area contributed by atoms with Crippen LogP contribution in [0.5, 0.6) is 5.75 Å². The van der Waals surface area contributed by atoms with Gasteiger partial charge in [0.05, 0.1) is 12.9 Å². The van der Waals surface area contributed by atoms with E-state index in [2.05, 4.69) is 15.5 Å². The smallest absolute Gasteiger partial charge is 0.341 e. The Morgan fingerprint density at radius 3 is 2.44 bits per heavy atom. The maximum Gasteiger partial charge on any atom is 0.341 e. The van der Waals surface area contributed by atoms with E-state index < -0.39 is 5.97 Å². The molecule has 0 aliphatic heterocycles. The Morgan fingerprint density at radius 1 is 1.08 bits per heavy atom. The zero-order chi connectivity index (χ0) is 25.5. The van der Waals surface area contributed by atoms with Gasteiger partial charge in [0.25, 0.3) is 0 Å². The van der Waals surface area contributed by atoms with E-state index in [4.69, 9.17) is 9.47 Å². The monoisotopic (exact) mass is 522 g/mol. The fourth-order valence-corrected chi connectivity index (χ4v) is 5.42. The Bertz CT molecular complexity index is 1320. The van der Waals surface area contributed by atoms with E-state index in [-0.39, 0.29) is 17.8 Å². The summed E-state index contributed by atoms with van der Waals surface area (Å²) < 4.78 is 12.9. The van der Waals surface area contributed by atoms with Crippen LogP contribution in [0.25, 0.3) is 11.1 Å². The number of carbonyl (C=O) groups excluding carboxylic acids is 2. The molecule has 0 saturated heterocycles. The van der Waals surface area contributed by atoms with Gasteiger partial charge >= 0.3 is 5.97 Å². The van der Waals surface area contributed by atoms with Crippen LogP contribution in [-0.4, -0.2) is 39.5 Å². The number of para-hydroxylation sites is 1. The first-order valence-corrected chi connectivity index (χ1v) is 13.2. The van der Waals surface area contributed by atoms with Crippen molar-refractivity contribution in [3.8, 4) is 16.9 Å². The summed E-state index contributed by atoms with van der Waals surface area (Å²) in [6, 6.07) is 19.0. The second kappa shape index (κ2) is 11.9. The van der Waals surface area contributed by atoms with Gasteiger partial charge in [-0.1, -0.05) is 60.3 Å². The third-order valence-electron chi connectivity index (χ3n) is 5.33. The van der Waals surface area contributed by atoms with Crippen LogP contribution in [-0.2, 0) is 16.1 Å². The topological polar surface area (TPSA) is 95.3 Å². The normalized spacial score (nSPS) is 11.6. The summed E-state index contributed by atoms with van der Waals surface area (Å²) in [7, 11) is 1.33. The van der Waals surface area contributed by atoms with Crippen LogP contribution < -0.4 is 10.1 Å². The van der Waals surface area contributed by atoms with Gasteiger partial charge in [-0.15, -0.1) is 21.5 Å². The van der Waals surface area contributed by atoms with Crippen LogP contribution in [0.2, 0.25) is 0 Å². The number of thioether (sulfide) groups is 1. The lowest BCUT2D eigenvalue weighted by Gasteiger charge is -2.15. The molecule has 0 saturated carbocycles. The molecule has 8 nitrogen and oxygen atoms in total. The second-order valence-corrected chi connectivity index (χ2v) is 9.53. The SMILES string of the molecule is CCn1c(SCC(=O)Nc2scc(-c3ccccc3)c2C(=O)OC)nnc1C(C)Oc1ccccc1. The van der Waals surface area contributed by atoms with Crippen LogP contribution in [0, 0.1) is 0 Å². The Morgan fingerprint density at radius 2 is 1.78 bits per heavy atom. The highest BCUT2D eigenvalue weighted by Crippen LogP contribution is 2.36. The predicted molar refractivity (Wildman–Crippen MR) is 142 cm³/mol. The number of hydrogen-bond donors (Lipinski definition) is 1. The fourth-order valence-electron chi connectivity index (χ4n) is 3.64. The molecule has 10 heteroatoms. The van der Waals surface area contributed by atoms with Crippen LogP contribution in [0.15, 0.2) is 71.2 Å². The Kier molecular flexibility index (Phi) is 8.40. The van der Waals surface area contributed by atoms with Crippen molar-refractivity contribution in [2.75, 3.05) is 18.2 Å². The van der Waals surface area contributed by atoms with E-state index in [0.29, 0.717) is 28.1 Å². The molecule has 4 rings (SSSR count). The minimum atomic E-state index is -0.499. The van der Waals surface area contributed by atoms with Crippen molar-refractivity contribution in [1.82, 2.24) is 14.8 Å². The molecule has 186 valence electrons. The first kappa shape index (κ1) is 25.5. The molecule has 2 heterocycles. The number of hydrogen-bond acceptors (Lipinski definition) is 8. The molecular weight excluding hydrogens is 496 g/mol. The number of esters is 1. The molecule has 0 aliphatic carbocycles. The summed E-state index contributed by atoms with van der Waals surface area (Å²) in [5.41, 5.74) is 1.94. The molecule has 0 bridgehead atoms. The minimum Gasteiger partial charge on any atom is -0.483 e. The zero-order valence-corrected chi connectivity index (χ0v) is 21.8. The second-order valence-electron chi connectivity index (χ2n) is 7.71. The summed E-state index contributed by atoms with van der Waals surface area (Å²) in [6.07, 6.45) is -0.312. The van der Waals surface area contributed by atoms with Gasteiger partial charge < -0.3 is 19.4 Å². The van der Waals surface area contributed by atoms with Crippen LogP contribution >= 0.6 is 23.1 Å². The van der Waals surface area contributed by atoms with Crippen molar-refractivity contribution in [2.45, 2.75) is 31.7 Å². The molecular formula is C26H26N4O4S2. The standard InChI is InChI=1S/C26H26N4O4S2/c1-4-30-23(17(2)34-19-13-9-6-10-14-19)28-29-26(30)36-16-21(31)27-24-22(25(32)33-3)20(15-35-24)18-11-7-5-8-12-18/h5-15,17H,4,16H2,1-3H3,(H,27,31). The van der Waals surface area contributed by atoms with E-state index >= 15 is 0 Å². The van der Waals surface area contributed by atoms with E-state index in [1.165, 1.54) is 30.2 Å². The van der Waals surface area contributed by atoms with Crippen LogP contribution in [0.4, 0.5) is 5.00 Å². The lowest BCUT2D eigenvalue weighted by Crippen LogP contribution is -2.17. The van der Waals surface area contributed by atoms with Crippen LogP contribution in [0.1, 0.15) is 36.1 Å². The van der Waals surface area contributed by atoms with Gasteiger partial charge in [0.2, 0.25) is 5.91 Å². The van der Waals surface area contributed by atoms with Gasteiger partial charge in [-0.05, 0) is 31.5 Å². The highest BCUT2D eigenvalue weighted by atomic mass is 32.2. The summed E-state index contributed by atoms with van der Waals surface area (Å²) in [6.45, 7) is 4.54. The third-order valence-corrected chi connectivity index (χ3v) is 7.19. The number of anilines is 1. The molecule has 0 radical (unpaired) electrons. The first-order valence-electron chi connectivity index (χ1n) is 11.3. The minimum absolute atomic E-state index is 0.102. The van der Waals surface area contributed by atoms with Gasteiger partial charge in [0.15, 0.2) is 17.1 Å². The van der Waals surface area contributed by atoms with Gasteiger partial charge in [-0.3, -0.25) is 4.79 Å². The number of ether oxygens (including phenoxy) is 2. The van der Waals surface area contributed by atoms with Crippen molar-refractivity contribution >= 4 is 40.0 Å². The van der Waals surface area contributed by atoms with Crippen molar-refractivity contribution < 1.29 is 19.1 Å². The van der Waals surface area contributed by atoms with Crippen molar-refractivity contribution in [1.29, 1.82) is 0 Å². The third kappa shape index (κ3) is 5.77. The van der Waals surface area contributed by atoms with E-state index in [1.54, 1.807) is 0 Å². The van der Waals surface area contributed by atoms with Crippen molar-refractivity contribution in [2.24, 2.45) is 0 Å². The van der Waals surface area contributed by atoms with Crippen molar-refractivity contribution in [3.05, 3.63) is 77.4 Å². The lowest BCUT2D eigenvalue weighted by atomic mass is 10.0. The number of nitrogens with one attached hydrogen (secondary N) is 1. The number of rotatable bonds is 10. The quantitative estimate of drug-likeness (QED) is 0.211. The number of nitrogens with zero attached hydrogens (tertiary/aromatic N) is 3. The molecule has 1 atom stereocenters. The van der Waals surface area contributed by atoms with Gasteiger partial charge in [0.1, 0.15) is 16.3 Å².